The molecule has 0 aliphatic carbocycles. The van der Waals surface area contributed by atoms with Gasteiger partial charge in [-0.3, -0.25) is 0 Å². The molecule has 4 heteroatoms. The van der Waals surface area contributed by atoms with Gasteiger partial charge in [-0.25, -0.2) is 0 Å². The monoisotopic (exact) mass is 307 g/mol. The largest absolute Gasteiger partial charge is 0.489 e. The van der Waals surface area contributed by atoms with Crippen molar-refractivity contribution in [2.45, 2.75) is 25.5 Å². The number of aliphatic hydroxyl groups excluding tert-OH is 1. The molecule has 21 heavy (non-hydrogen) atoms. The molecule has 3 N–H and O–H groups in total. The van der Waals surface area contributed by atoms with Gasteiger partial charge >= 0.3 is 0 Å². The summed E-state index contributed by atoms with van der Waals surface area (Å²) in [5, 5.41) is 8.85. The van der Waals surface area contributed by atoms with E-state index >= 15 is 0 Å². The Morgan fingerprint density at radius 3 is 2.52 bits per heavy atom. The van der Waals surface area contributed by atoms with Crippen LogP contribution in [-0.2, 0) is 6.61 Å². The predicted molar refractivity (Wildman–Crippen MR) is 87.7 cm³/mol. The van der Waals surface area contributed by atoms with Crippen molar-refractivity contribution < 1.29 is 9.84 Å². The number of ether oxygens (including phenoxy) is 1. The first-order valence-corrected chi connectivity index (χ1v) is 6.92. The van der Waals surface area contributed by atoms with E-state index in [-0.39, 0.29) is 25.1 Å². The zero-order valence-electron chi connectivity index (χ0n) is 11.9. The minimum Gasteiger partial charge on any atom is -0.489 e. The van der Waals surface area contributed by atoms with Crippen molar-refractivity contribution in [3.05, 3.63) is 65.7 Å². The third kappa shape index (κ3) is 5.76. The van der Waals surface area contributed by atoms with E-state index in [0.29, 0.717) is 6.61 Å². The molecule has 3 nitrogen and oxygen atoms in total. The molecule has 0 aliphatic heterocycles. The standard InChI is InChI=1S/C17H21NO2.ClH/c18-17(10-5-11-19)15-8-4-9-16(12-15)20-13-14-6-2-1-3-7-14;/h1-4,6-9,12,17,19H,5,10-11,13,18H2;1H/t17-;/m1./s1. The molecule has 0 aliphatic rings. The minimum atomic E-state index is -0.0533. The lowest BCUT2D eigenvalue weighted by Crippen LogP contribution is -2.11. The number of hydrogen-bond acceptors (Lipinski definition) is 3. The highest BCUT2D eigenvalue weighted by Crippen LogP contribution is 2.21. The molecule has 0 aromatic heterocycles. The molecular formula is C17H22ClNO2. The van der Waals surface area contributed by atoms with Crippen molar-refractivity contribution in [2.24, 2.45) is 5.73 Å². The third-order valence-electron chi connectivity index (χ3n) is 3.21. The minimum absolute atomic E-state index is 0. The van der Waals surface area contributed by atoms with Gasteiger partial charge in [-0.1, -0.05) is 42.5 Å². The van der Waals surface area contributed by atoms with Crippen LogP contribution >= 0.6 is 12.4 Å². The van der Waals surface area contributed by atoms with Crippen LogP contribution < -0.4 is 10.5 Å². The molecule has 0 saturated carbocycles. The van der Waals surface area contributed by atoms with Crippen molar-refractivity contribution in [2.75, 3.05) is 6.61 Å². The summed E-state index contributed by atoms with van der Waals surface area (Å²) < 4.78 is 5.78. The van der Waals surface area contributed by atoms with Gasteiger partial charge < -0.3 is 15.6 Å². The van der Waals surface area contributed by atoms with E-state index in [1.807, 2.05) is 54.6 Å². The van der Waals surface area contributed by atoms with Gasteiger partial charge in [0.05, 0.1) is 0 Å². The Morgan fingerprint density at radius 2 is 1.81 bits per heavy atom. The predicted octanol–water partition coefficient (Wildman–Crippen LogP) is 3.46. The highest BCUT2D eigenvalue weighted by atomic mass is 35.5. The fraction of sp³-hybridized carbons (Fsp3) is 0.294. The summed E-state index contributed by atoms with van der Waals surface area (Å²) in [7, 11) is 0. The van der Waals surface area contributed by atoms with Gasteiger partial charge in [0.2, 0.25) is 0 Å². The first-order chi connectivity index (χ1) is 9.79. The average molecular weight is 308 g/mol. The number of aliphatic hydroxyl groups is 1. The van der Waals surface area contributed by atoms with Crippen LogP contribution in [0.25, 0.3) is 0 Å². The maximum absolute atomic E-state index is 8.85. The third-order valence-corrected chi connectivity index (χ3v) is 3.21. The number of benzene rings is 2. The van der Waals surface area contributed by atoms with Crippen molar-refractivity contribution >= 4 is 12.4 Å². The Hall–Kier alpha value is -1.55. The summed E-state index contributed by atoms with van der Waals surface area (Å²) in [6, 6.07) is 17.9. The molecule has 114 valence electrons. The van der Waals surface area contributed by atoms with Crippen LogP contribution in [0.1, 0.15) is 30.0 Å². The Bertz CT molecular complexity index is 519. The van der Waals surface area contributed by atoms with Crippen LogP contribution in [0, 0.1) is 0 Å². The number of hydrogen-bond donors (Lipinski definition) is 2. The molecule has 0 radical (unpaired) electrons. The lowest BCUT2D eigenvalue weighted by Gasteiger charge is -2.13. The molecule has 0 amide bonds. The quantitative estimate of drug-likeness (QED) is 0.823. The van der Waals surface area contributed by atoms with Crippen LogP contribution in [0.4, 0.5) is 0 Å². The highest BCUT2D eigenvalue weighted by Gasteiger charge is 2.06. The average Bonchev–Trinajstić information content (AvgIpc) is 2.52. The van der Waals surface area contributed by atoms with E-state index in [0.717, 1.165) is 29.7 Å². The smallest absolute Gasteiger partial charge is 0.120 e. The van der Waals surface area contributed by atoms with Crippen molar-refractivity contribution in [1.29, 1.82) is 0 Å². The summed E-state index contributed by atoms with van der Waals surface area (Å²) in [6.45, 7) is 0.730. The maximum Gasteiger partial charge on any atom is 0.120 e. The summed E-state index contributed by atoms with van der Waals surface area (Å²) in [4.78, 5) is 0. The molecular weight excluding hydrogens is 286 g/mol. The molecule has 0 saturated heterocycles. The second kappa shape index (κ2) is 9.40. The van der Waals surface area contributed by atoms with Gasteiger partial charge in [-0.05, 0) is 36.1 Å². The second-order valence-corrected chi connectivity index (χ2v) is 4.82. The van der Waals surface area contributed by atoms with Crippen LogP contribution in [-0.4, -0.2) is 11.7 Å². The van der Waals surface area contributed by atoms with Crippen molar-refractivity contribution in [3.63, 3.8) is 0 Å². The van der Waals surface area contributed by atoms with E-state index in [9.17, 15) is 0 Å². The van der Waals surface area contributed by atoms with Gasteiger partial charge in [0.1, 0.15) is 12.4 Å². The Kier molecular flexibility index (Phi) is 7.83. The van der Waals surface area contributed by atoms with Crippen molar-refractivity contribution in [1.82, 2.24) is 0 Å². The summed E-state index contributed by atoms with van der Waals surface area (Å²) >= 11 is 0. The fourth-order valence-electron chi connectivity index (χ4n) is 2.05. The molecule has 0 spiro atoms. The summed E-state index contributed by atoms with van der Waals surface area (Å²) in [5.74, 6) is 0.825. The first-order valence-electron chi connectivity index (χ1n) is 6.92. The lowest BCUT2D eigenvalue weighted by atomic mass is 10.0. The summed E-state index contributed by atoms with van der Waals surface area (Å²) in [5.41, 5.74) is 8.28. The molecule has 1 atom stereocenters. The van der Waals surface area contributed by atoms with Crippen molar-refractivity contribution in [3.8, 4) is 5.75 Å². The topological polar surface area (TPSA) is 55.5 Å². The highest BCUT2D eigenvalue weighted by molar-refractivity contribution is 5.85. The number of nitrogens with two attached hydrogens (primary N) is 1. The Balaban J connectivity index is 0.00000220. The maximum atomic E-state index is 8.85. The molecule has 2 aromatic rings. The van der Waals surface area contributed by atoms with Gasteiger partial charge in [-0.15, -0.1) is 12.4 Å². The van der Waals surface area contributed by atoms with E-state index in [2.05, 4.69) is 0 Å². The fourth-order valence-corrected chi connectivity index (χ4v) is 2.05. The van der Waals surface area contributed by atoms with Gasteiger partial charge in [0.25, 0.3) is 0 Å². The second-order valence-electron chi connectivity index (χ2n) is 4.82. The van der Waals surface area contributed by atoms with Crippen LogP contribution in [0.3, 0.4) is 0 Å². The molecule has 0 fully saturated rings. The molecule has 2 aromatic carbocycles. The zero-order chi connectivity index (χ0) is 14.2. The number of rotatable bonds is 7. The van der Waals surface area contributed by atoms with Gasteiger partial charge in [0.15, 0.2) is 0 Å². The van der Waals surface area contributed by atoms with Crippen LogP contribution in [0.15, 0.2) is 54.6 Å². The van der Waals surface area contributed by atoms with Gasteiger partial charge in [0, 0.05) is 12.6 Å². The SMILES string of the molecule is Cl.N[C@H](CCCO)c1cccc(OCc2ccccc2)c1. The summed E-state index contributed by atoms with van der Waals surface area (Å²) in [6.07, 6.45) is 1.49. The Morgan fingerprint density at radius 1 is 1.05 bits per heavy atom. The molecule has 2 rings (SSSR count). The van der Waals surface area contributed by atoms with E-state index in [4.69, 9.17) is 15.6 Å². The zero-order valence-corrected chi connectivity index (χ0v) is 12.8. The molecule has 0 heterocycles. The number of halogens is 1. The molecule has 0 unspecified atom stereocenters. The van der Waals surface area contributed by atoms with Gasteiger partial charge in [-0.2, -0.15) is 0 Å². The Labute approximate surface area is 132 Å². The normalized spacial score (nSPS) is 11.5. The van der Waals surface area contributed by atoms with E-state index in [1.54, 1.807) is 0 Å². The lowest BCUT2D eigenvalue weighted by molar-refractivity contribution is 0.279. The van der Waals surface area contributed by atoms with E-state index < -0.39 is 0 Å². The van der Waals surface area contributed by atoms with E-state index in [1.165, 1.54) is 0 Å². The van der Waals surface area contributed by atoms with Crippen LogP contribution in [0.5, 0.6) is 5.75 Å². The molecule has 0 bridgehead atoms. The first kappa shape index (κ1) is 17.5. The van der Waals surface area contributed by atoms with Crippen LogP contribution in [0.2, 0.25) is 0 Å².